The Morgan fingerprint density at radius 2 is 2.12 bits per heavy atom. The van der Waals surface area contributed by atoms with Gasteiger partial charge in [0.25, 0.3) is 5.91 Å². The van der Waals surface area contributed by atoms with Gasteiger partial charge in [-0.3, -0.25) is 4.79 Å². The van der Waals surface area contributed by atoms with Crippen molar-refractivity contribution in [2.45, 2.75) is 19.4 Å². The Bertz CT molecular complexity index is 816. The van der Waals surface area contributed by atoms with Crippen LogP contribution >= 0.6 is 11.5 Å². The highest BCUT2D eigenvalue weighted by molar-refractivity contribution is 7.07. The fourth-order valence-corrected chi connectivity index (χ4v) is 3.11. The van der Waals surface area contributed by atoms with Crippen LogP contribution in [0.5, 0.6) is 0 Å². The van der Waals surface area contributed by atoms with Gasteiger partial charge in [-0.05, 0) is 54.7 Å². The van der Waals surface area contributed by atoms with Gasteiger partial charge in [0.05, 0.1) is 11.7 Å². The van der Waals surface area contributed by atoms with Gasteiger partial charge in [-0.2, -0.15) is 0 Å². The summed E-state index contributed by atoms with van der Waals surface area (Å²) < 4.78 is 19.2. The fraction of sp³-hybridized carbons (Fsp3) is 0.235. The van der Waals surface area contributed by atoms with Crippen LogP contribution in [-0.2, 0) is 6.42 Å². The number of benzene rings is 1. The highest BCUT2D eigenvalue weighted by atomic mass is 32.1. The van der Waals surface area contributed by atoms with Crippen molar-refractivity contribution in [1.82, 2.24) is 19.5 Å². The molecule has 0 aliphatic heterocycles. The number of hydrogen-bond acceptors (Lipinski definition) is 4. The zero-order chi connectivity index (χ0) is 16.9. The number of aromatic nitrogens is 3. The second-order valence-electron chi connectivity index (χ2n) is 5.52. The van der Waals surface area contributed by atoms with E-state index in [0.29, 0.717) is 23.5 Å². The van der Waals surface area contributed by atoms with E-state index in [1.807, 2.05) is 35.2 Å². The molecule has 1 amide bonds. The van der Waals surface area contributed by atoms with Gasteiger partial charge < -0.3 is 9.88 Å². The summed E-state index contributed by atoms with van der Waals surface area (Å²) in [5.41, 5.74) is 1.51. The summed E-state index contributed by atoms with van der Waals surface area (Å²) in [5.74, 6) is -0.437. The number of nitrogens with zero attached hydrogens (tertiary/aromatic N) is 3. The molecule has 0 saturated heterocycles. The Kier molecular flexibility index (Phi) is 5.00. The minimum absolute atomic E-state index is 0.00747. The topological polar surface area (TPSA) is 59.8 Å². The third-order valence-corrected chi connectivity index (χ3v) is 4.59. The summed E-state index contributed by atoms with van der Waals surface area (Å²) in [6.45, 7) is 2.19. The van der Waals surface area contributed by atoms with Crippen LogP contribution in [0.2, 0.25) is 0 Å². The Morgan fingerprint density at radius 1 is 1.33 bits per heavy atom. The van der Waals surface area contributed by atoms with Crippen molar-refractivity contribution >= 4 is 17.4 Å². The van der Waals surface area contributed by atoms with Gasteiger partial charge in [0, 0.05) is 18.9 Å². The van der Waals surface area contributed by atoms with E-state index in [1.165, 1.54) is 12.1 Å². The largest absolute Gasteiger partial charge is 0.349 e. The number of carbonyl (C=O) groups excluding carboxylic acids is 1. The lowest BCUT2D eigenvalue weighted by Gasteiger charge is -2.20. The molecule has 0 radical (unpaired) electrons. The average molecular weight is 344 g/mol. The second-order valence-corrected chi connectivity index (χ2v) is 6.27. The summed E-state index contributed by atoms with van der Waals surface area (Å²) in [6, 6.07) is 10.4. The van der Waals surface area contributed by atoms with Crippen molar-refractivity contribution < 1.29 is 9.18 Å². The molecule has 1 N–H and O–H groups in total. The normalized spacial score (nSPS) is 12.1. The molecule has 0 aliphatic carbocycles. The number of carbonyl (C=O) groups is 1. The number of rotatable bonds is 6. The zero-order valence-electron chi connectivity index (χ0n) is 13.1. The average Bonchev–Trinajstić information content (AvgIpc) is 3.22. The lowest BCUT2D eigenvalue weighted by atomic mass is 10.1. The maximum atomic E-state index is 13.4. The molecule has 0 saturated carbocycles. The quantitative estimate of drug-likeness (QED) is 0.748. The van der Waals surface area contributed by atoms with Crippen molar-refractivity contribution in [2.24, 2.45) is 0 Å². The highest BCUT2D eigenvalue weighted by Gasteiger charge is 2.17. The van der Waals surface area contributed by atoms with E-state index in [1.54, 1.807) is 13.0 Å². The number of amides is 1. The third-order valence-electron chi connectivity index (χ3n) is 3.77. The van der Waals surface area contributed by atoms with Crippen molar-refractivity contribution in [3.63, 3.8) is 0 Å². The minimum Gasteiger partial charge on any atom is -0.349 e. The molecule has 7 heteroatoms. The molecule has 124 valence electrons. The molecule has 2 aromatic heterocycles. The van der Waals surface area contributed by atoms with E-state index in [-0.39, 0.29) is 17.8 Å². The van der Waals surface area contributed by atoms with Crippen LogP contribution in [0.1, 0.15) is 27.0 Å². The van der Waals surface area contributed by atoms with Gasteiger partial charge in [0.2, 0.25) is 0 Å². The maximum Gasteiger partial charge on any atom is 0.265 e. The van der Waals surface area contributed by atoms with E-state index in [9.17, 15) is 9.18 Å². The molecule has 1 atom stereocenters. The molecule has 5 nitrogen and oxygen atoms in total. The van der Waals surface area contributed by atoms with Crippen LogP contribution in [0.25, 0.3) is 0 Å². The molecule has 0 fully saturated rings. The first-order valence-corrected chi connectivity index (χ1v) is 8.35. The van der Waals surface area contributed by atoms with Crippen LogP contribution < -0.4 is 5.32 Å². The van der Waals surface area contributed by atoms with Crippen LogP contribution in [-0.4, -0.2) is 26.6 Å². The molecule has 1 aromatic carbocycles. The maximum absolute atomic E-state index is 13.4. The Hall–Kier alpha value is -2.54. The van der Waals surface area contributed by atoms with E-state index < -0.39 is 0 Å². The Morgan fingerprint density at radius 3 is 2.79 bits per heavy atom. The molecule has 24 heavy (non-hydrogen) atoms. The number of aryl methyl sites for hydroxylation is 1. The van der Waals surface area contributed by atoms with Crippen LogP contribution in [0.3, 0.4) is 0 Å². The fourth-order valence-electron chi connectivity index (χ4n) is 2.54. The molecule has 0 aliphatic rings. The summed E-state index contributed by atoms with van der Waals surface area (Å²) in [7, 11) is 0. The van der Waals surface area contributed by atoms with E-state index in [4.69, 9.17) is 0 Å². The van der Waals surface area contributed by atoms with E-state index in [2.05, 4.69) is 14.9 Å². The van der Waals surface area contributed by atoms with Gasteiger partial charge in [-0.15, -0.1) is 5.10 Å². The van der Waals surface area contributed by atoms with Crippen LogP contribution in [0.4, 0.5) is 4.39 Å². The first-order valence-electron chi connectivity index (χ1n) is 7.57. The van der Waals surface area contributed by atoms with Crippen molar-refractivity contribution in [3.05, 3.63) is 70.7 Å². The minimum atomic E-state index is -0.255. The molecule has 0 unspecified atom stereocenters. The van der Waals surface area contributed by atoms with E-state index >= 15 is 0 Å². The number of hydrogen-bond donors (Lipinski definition) is 1. The third kappa shape index (κ3) is 3.86. The van der Waals surface area contributed by atoms with Crippen molar-refractivity contribution in [2.75, 3.05) is 6.54 Å². The van der Waals surface area contributed by atoms with Crippen LogP contribution in [0.15, 0.2) is 48.8 Å². The smallest absolute Gasteiger partial charge is 0.265 e. The van der Waals surface area contributed by atoms with Gasteiger partial charge in [0.15, 0.2) is 0 Å². The zero-order valence-corrected chi connectivity index (χ0v) is 14.0. The lowest BCUT2D eigenvalue weighted by Crippen LogP contribution is -2.31. The highest BCUT2D eigenvalue weighted by Crippen LogP contribution is 2.16. The van der Waals surface area contributed by atoms with Gasteiger partial charge >= 0.3 is 0 Å². The number of nitrogens with one attached hydrogen (secondary N) is 1. The molecular formula is C17H17FN4OS. The monoisotopic (exact) mass is 344 g/mol. The molecule has 0 spiro atoms. The van der Waals surface area contributed by atoms with E-state index in [0.717, 1.165) is 17.1 Å². The Labute approximate surface area is 143 Å². The standard InChI is InChI=1S/C17H17FN4OS/c1-12-16(24-21-20-12)17(23)19-11-15(22-7-2-3-8-22)10-13-5-4-6-14(18)9-13/h2-9,15H,10-11H2,1H3,(H,19,23)/t15-/m1/s1. The summed E-state index contributed by atoms with van der Waals surface area (Å²) in [6.07, 6.45) is 4.50. The van der Waals surface area contributed by atoms with Crippen molar-refractivity contribution in [3.8, 4) is 0 Å². The van der Waals surface area contributed by atoms with Gasteiger partial charge in [-0.1, -0.05) is 16.6 Å². The van der Waals surface area contributed by atoms with Crippen molar-refractivity contribution in [1.29, 1.82) is 0 Å². The summed E-state index contributed by atoms with van der Waals surface area (Å²) >= 11 is 1.08. The molecule has 2 heterocycles. The SMILES string of the molecule is Cc1nnsc1C(=O)NC[C@@H](Cc1cccc(F)c1)n1cccc1. The Balaban J connectivity index is 1.71. The summed E-state index contributed by atoms with van der Waals surface area (Å²) in [5, 5.41) is 6.78. The van der Waals surface area contributed by atoms with Gasteiger partial charge in [-0.25, -0.2) is 4.39 Å². The predicted molar refractivity (Wildman–Crippen MR) is 90.6 cm³/mol. The first-order chi connectivity index (χ1) is 11.6. The molecular weight excluding hydrogens is 327 g/mol. The molecule has 0 bridgehead atoms. The lowest BCUT2D eigenvalue weighted by molar-refractivity contribution is 0.0951. The first kappa shape index (κ1) is 16.3. The summed E-state index contributed by atoms with van der Waals surface area (Å²) in [4.78, 5) is 12.8. The second kappa shape index (κ2) is 7.35. The molecule has 3 aromatic rings. The number of halogens is 1. The predicted octanol–water partition coefficient (Wildman–Crippen LogP) is 3.00. The van der Waals surface area contributed by atoms with Gasteiger partial charge in [0.1, 0.15) is 10.7 Å². The molecule has 3 rings (SSSR count). The van der Waals surface area contributed by atoms with Crippen LogP contribution in [0, 0.1) is 12.7 Å².